The van der Waals surface area contributed by atoms with E-state index in [1.165, 1.54) is 24.8 Å². The predicted molar refractivity (Wildman–Crippen MR) is 101 cm³/mol. The molecule has 1 heteroatoms. The first-order valence-electron chi connectivity index (χ1n) is 9.29. The number of hydrogen-bond acceptors (Lipinski definition) is 1. The van der Waals surface area contributed by atoms with Crippen LogP contribution >= 0.6 is 0 Å². The second kappa shape index (κ2) is 6.09. The molecule has 0 atom stereocenters. The maximum absolute atomic E-state index is 2.54. The number of fused-ring (bicyclic) bond motifs is 1. The minimum atomic E-state index is 0.293. The normalized spacial score (nSPS) is 23.9. The Morgan fingerprint density at radius 3 is 2.48 bits per heavy atom. The van der Waals surface area contributed by atoms with Crippen LogP contribution < -0.4 is 0 Å². The van der Waals surface area contributed by atoms with Crippen LogP contribution in [-0.2, 0) is 12.8 Å². The van der Waals surface area contributed by atoms with Crippen LogP contribution in [0.4, 0.5) is 0 Å². The van der Waals surface area contributed by atoms with Crippen molar-refractivity contribution < 1.29 is 0 Å². The Kier molecular flexibility index (Phi) is 4.44. The molecule has 1 aromatic carbocycles. The molecule has 0 amide bonds. The number of rotatable bonds is 4. The van der Waals surface area contributed by atoms with Crippen molar-refractivity contribution in [3.05, 3.63) is 40.5 Å². The molecule has 2 aliphatic carbocycles. The Labute approximate surface area is 142 Å². The number of hydrogen-bond donors (Lipinski definition) is 0. The molecular weight excluding hydrogens is 278 g/mol. The molecule has 0 bridgehead atoms. The van der Waals surface area contributed by atoms with Crippen LogP contribution in [0.2, 0.25) is 0 Å². The number of nitrogens with zero attached hydrogens (tertiary/aromatic N) is 1. The zero-order chi connectivity index (χ0) is 16.8. The van der Waals surface area contributed by atoms with E-state index in [2.05, 4.69) is 70.8 Å². The average molecular weight is 312 g/mol. The van der Waals surface area contributed by atoms with Gasteiger partial charge in [0.05, 0.1) is 0 Å². The van der Waals surface area contributed by atoms with E-state index in [1.807, 2.05) is 0 Å². The summed E-state index contributed by atoms with van der Waals surface area (Å²) in [5, 5.41) is 0. The molecule has 1 fully saturated rings. The molecule has 1 aromatic rings. The molecule has 23 heavy (non-hydrogen) atoms. The van der Waals surface area contributed by atoms with Gasteiger partial charge in [-0.25, -0.2) is 0 Å². The fraction of sp³-hybridized carbons (Fsp3) is 0.636. The quantitative estimate of drug-likeness (QED) is 0.726. The molecular formula is C22H33N. The van der Waals surface area contributed by atoms with Gasteiger partial charge >= 0.3 is 0 Å². The Balaban J connectivity index is 1.58. The van der Waals surface area contributed by atoms with Crippen molar-refractivity contribution in [1.82, 2.24) is 4.90 Å². The fourth-order valence-corrected chi connectivity index (χ4v) is 3.96. The summed E-state index contributed by atoms with van der Waals surface area (Å²) in [4.78, 5) is 2.54. The molecule has 0 radical (unpaired) electrons. The smallest absolute Gasteiger partial charge is 0.0100 e. The Bertz CT molecular complexity index is 597. The van der Waals surface area contributed by atoms with Gasteiger partial charge in [0.2, 0.25) is 0 Å². The third-order valence-corrected chi connectivity index (χ3v) is 6.01. The van der Waals surface area contributed by atoms with E-state index >= 15 is 0 Å². The van der Waals surface area contributed by atoms with Gasteiger partial charge in [-0.05, 0) is 74.6 Å². The van der Waals surface area contributed by atoms with Gasteiger partial charge in [0, 0.05) is 12.1 Å². The lowest BCUT2D eigenvalue weighted by atomic mass is 9.75. The SMILES string of the molecule is CC(C)N(C)C1CC(Cc2ccc3c(c2)CC(C(C)(C)C)=C3)C1. The van der Waals surface area contributed by atoms with Gasteiger partial charge in [-0.2, -0.15) is 0 Å². The molecule has 0 spiro atoms. The highest BCUT2D eigenvalue weighted by molar-refractivity contribution is 5.65. The minimum absolute atomic E-state index is 0.293. The van der Waals surface area contributed by atoms with Gasteiger partial charge in [0.25, 0.3) is 0 Å². The van der Waals surface area contributed by atoms with Crippen LogP contribution in [-0.4, -0.2) is 24.0 Å². The lowest BCUT2D eigenvalue weighted by Gasteiger charge is -2.43. The minimum Gasteiger partial charge on any atom is -0.301 e. The third kappa shape index (κ3) is 3.55. The summed E-state index contributed by atoms with van der Waals surface area (Å²) in [6.45, 7) is 11.6. The van der Waals surface area contributed by atoms with E-state index in [9.17, 15) is 0 Å². The van der Waals surface area contributed by atoms with Crippen LogP contribution in [0.5, 0.6) is 0 Å². The zero-order valence-corrected chi connectivity index (χ0v) is 15.8. The molecule has 1 saturated carbocycles. The van der Waals surface area contributed by atoms with E-state index in [1.54, 1.807) is 16.7 Å². The van der Waals surface area contributed by atoms with Gasteiger partial charge in [-0.3, -0.25) is 0 Å². The van der Waals surface area contributed by atoms with Crippen molar-refractivity contribution in [1.29, 1.82) is 0 Å². The summed E-state index contributed by atoms with van der Waals surface area (Å²) in [5.74, 6) is 0.885. The van der Waals surface area contributed by atoms with Crippen molar-refractivity contribution in [2.75, 3.05) is 7.05 Å². The third-order valence-electron chi connectivity index (χ3n) is 6.01. The van der Waals surface area contributed by atoms with Gasteiger partial charge in [0.1, 0.15) is 0 Å². The molecule has 126 valence electrons. The molecule has 0 saturated heterocycles. The fourth-order valence-electron chi connectivity index (χ4n) is 3.96. The first-order chi connectivity index (χ1) is 10.7. The number of allylic oxidation sites excluding steroid dienone is 1. The highest BCUT2D eigenvalue weighted by atomic mass is 15.2. The first kappa shape index (κ1) is 16.8. The standard InChI is InChI=1S/C22H33N/c1-15(2)23(6)21-11-17(12-21)9-16-7-8-18-13-20(22(3,4)5)14-19(18)10-16/h7-8,10,13,15,17,21H,9,11-12,14H2,1-6H3. The Morgan fingerprint density at radius 2 is 1.87 bits per heavy atom. The van der Waals surface area contributed by atoms with Gasteiger partial charge in [-0.1, -0.05) is 50.6 Å². The van der Waals surface area contributed by atoms with Crippen LogP contribution in [0, 0.1) is 11.3 Å². The molecule has 2 aliphatic rings. The van der Waals surface area contributed by atoms with E-state index in [0.717, 1.165) is 18.4 Å². The van der Waals surface area contributed by atoms with Crippen molar-refractivity contribution in [2.24, 2.45) is 11.3 Å². The average Bonchev–Trinajstić information content (AvgIpc) is 2.84. The topological polar surface area (TPSA) is 3.24 Å². The Morgan fingerprint density at radius 1 is 1.17 bits per heavy atom. The number of benzene rings is 1. The molecule has 1 nitrogen and oxygen atoms in total. The highest BCUT2D eigenvalue weighted by Crippen LogP contribution is 2.38. The second-order valence-corrected chi connectivity index (χ2v) is 9.08. The maximum atomic E-state index is 2.54. The van der Waals surface area contributed by atoms with Crippen LogP contribution in [0.15, 0.2) is 23.8 Å². The first-order valence-corrected chi connectivity index (χ1v) is 9.29. The van der Waals surface area contributed by atoms with E-state index in [-0.39, 0.29) is 0 Å². The van der Waals surface area contributed by atoms with E-state index < -0.39 is 0 Å². The second-order valence-electron chi connectivity index (χ2n) is 9.08. The summed E-state index contributed by atoms with van der Waals surface area (Å²) < 4.78 is 0. The summed E-state index contributed by atoms with van der Waals surface area (Å²) in [6.07, 6.45) is 7.57. The van der Waals surface area contributed by atoms with Crippen molar-refractivity contribution in [2.45, 2.75) is 72.4 Å². The van der Waals surface area contributed by atoms with E-state index in [4.69, 9.17) is 0 Å². The van der Waals surface area contributed by atoms with Crippen LogP contribution in [0.3, 0.4) is 0 Å². The Hall–Kier alpha value is -1.08. The van der Waals surface area contributed by atoms with Gasteiger partial charge in [0.15, 0.2) is 0 Å². The highest BCUT2D eigenvalue weighted by Gasteiger charge is 2.33. The molecule has 0 N–H and O–H groups in total. The van der Waals surface area contributed by atoms with Gasteiger partial charge < -0.3 is 4.90 Å². The summed E-state index contributed by atoms with van der Waals surface area (Å²) in [7, 11) is 2.28. The molecule has 0 aromatic heterocycles. The zero-order valence-electron chi connectivity index (χ0n) is 15.8. The van der Waals surface area contributed by atoms with Crippen molar-refractivity contribution in [3.63, 3.8) is 0 Å². The predicted octanol–water partition coefficient (Wildman–Crippen LogP) is 5.33. The largest absolute Gasteiger partial charge is 0.301 e. The van der Waals surface area contributed by atoms with E-state index in [0.29, 0.717) is 11.5 Å². The molecule has 0 aliphatic heterocycles. The van der Waals surface area contributed by atoms with Crippen molar-refractivity contribution >= 4 is 6.08 Å². The van der Waals surface area contributed by atoms with Crippen molar-refractivity contribution in [3.8, 4) is 0 Å². The summed E-state index contributed by atoms with van der Waals surface area (Å²) >= 11 is 0. The summed E-state index contributed by atoms with van der Waals surface area (Å²) in [5.41, 5.74) is 6.41. The monoisotopic (exact) mass is 311 g/mol. The summed E-state index contributed by atoms with van der Waals surface area (Å²) in [6, 6.07) is 8.66. The van der Waals surface area contributed by atoms with Crippen LogP contribution in [0.25, 0.3) is 6.08 Å². The molecule has 0 unspecified atom stereocenters. The van der Waals surface area contributed by atoms with Crippen LogP contribution in [0.1, 0.15) is 64.2 Å². The lowest BCUT2D eigenvalue weighted by Crippen LogP contribution is -2.46. The molecule has 0 heterocycles. The van der Waals surface area contributed by atoms with Gasteiger partial charge in [-0.15, -0.1) is 0 Å². The maximum Gasteiger partial charge on any atom is 0.0100 e. The lowest BCUT2D eigenvalue weighted by molar-refractivity contribution is 0.0773. The molecule has 3 rings (SSSR count).